The summed E-state index contributed by atoms with van der Waals surface area (Å²) >= 11 is 0. The number of rotatable bonds is 8. The Morgan fingerprint density at radius 3 is 1.58 bits per heavy atom. The van der Waals surface area contributed by atoms with Crippen LogP contribution in [0.3, 0.4) is 0 Å². The van der Waals surface area contributed by atoms with Crippen LogP contribution < -0.4 is 4.90 Å². The highest BCUT2D eigenvalue weighted by Gasteiger charge is 2.37. The van der Waals surface area contributed by atoms with Crippen molar-refractivity contribution in [2.24, 2.45) is 0 Å². The maximum atomic E-state index is 5.26. The van der Waals surface area contributed by atoms with E-state index in [-0.39, 0.29) is 6.04 Å². The Morgan fingerprint density at radius 2 is 0.903 bits per heavy atom. The molecule has 10 aromatic carbocycles. The number of hydrogen-bond acceptors (Lipinski definition) is 3. The Kier molecular flexibility index (Phi) is 10.1. The molecule has 0 bridgehead atoms. The standard InChI is InChI=1S/C69H47N3/c1-3-14-45(15-4-1)47-26-32-51(33-27-47)64-44-65(71-69(70-64)53-36-28-48(29-37-53)46-16-5-2-6-17-46)52-34-30-49(31-35-52)56-23-13-18-54-42-62-58-20-8-7-19-57(58)61(43-63(62)68(54)56)50-38-40-55(41-39-50)72-66-24-11-9-21-59(66)60-22-10-12-25-67(60)72/h1-41,43-44,59,66H,42H2. The first kappa shape index (κ1) is 41.8. The molecule has 0 spiro atoms. The van der Waals surface area contributed by atoms with Crippen LogP contribution >= 0.6 is 0 Å². The average Bonchev–Trinajstić information content (AvgIpc) is 4.02. The van der Waals surface area contributed by atoms with Gasteiger partial charge in [-0.2, -0.15) is 0 Å². The zero-order valence-corrected chi connectivity index (χ0v) is 39.5. The molecular formula is C69H47N3. The van der Waals surface area contributed by atoms with Crippen molar-refractivity contribution in [3.05, 3.63) is 278 Å². The molecule has 0 saturated heterocycles. The maximum Gasteiger partial charge on any atom is 0.160 e. The number of nitrogens with zero attached hydrogens (tertiary/aromatic N) is 3. The Labute approximate surface area is 420 Å². The van der Waals surface area contributed by atoms with E-state index >= 15 is 0 Å². The van der Waals surface area contributed by atoms with Crippen molar-refractivity contribution in [2.45, 2.75) is 18.4 Å². The number of anilines is 2. The molecule has 0 radical (unpaired) electrons. The number of benzene rings is 10. The van der Waals surface area contributed by atoms with E-state index in [4.69, 9.17) is 9.97 Å². The third-order valence-electron chi connectivity index (χ3n) is 15.1. The van der Waals surface area contributed by atoms with Crippen LogP contribution in [0.15, 0.2) is 261 Å². The smallest absolute Gasteiger partial charge is 0.160 e. The summed E-state index contributed by atoms with van der Waals surface area (Å²) in [6.45, 7) is 0. The van der Waals surface area contributed by atoms with E-state index < -0.39 is 0 Å². The first-order valence-corrected chi connectivity index (χ1v) is 25.0. The van der Waals surface area contributed by atoms with Gasteiger partial charge in [-0.05, 0) is 120 Å². The van der Waals surface area contributed by atoms with Gasteiger partial charge in [-0.1, -0.05) is 231 Å². The molecule has 1 aliphatic heterocycles. The summed E-state index contributed by atoms with van der Waals surface area (Å²) in [5.41, 5.74) is 23.7. The number of hydrogen-bond donors (Lipinski definition) is 0. The van der Waals surface area contributed by atoms with E-state index in [2.05, 4.69) is 266 Å². The van der Waals surface area contributed by atoms with E-state index in [1.54, 1.807) is 0 Å². The highest BCUT2D eigenvalue weighted by molar-refractivity contribution is 6.06. The summed E-state index contributed by atoms with van der Waals surface area (Å²) < 4.78 is 0. The van der Waals surface area contributed by atoms with Crippen LogP contribution in [-0.4, -0.2) is 16.0 Å². The minimum absolute atomic E-state index is 0.269. The van der Waals surface area contributed by atoms with E-state index in [0.717, 1.165) is 40.1 Å². The molecule has 0 saturated carbocycles. The Balaban J connectivity index is 0.822. The zero-order chi connectivity index (χ0) is 47.5. The summed E-state index contributed by atoms with van der Waals surface area (Å²) in [6.07, 6.45) is 9.97. The van der Waals surface area contributed by atoms with E-state index in [1.165, 1.54) is 88.9 Å². The minimum atomic E-state index is 0.269. The Bertz CT molecular complexity index is 3810. The van der Waals surface area contributed by atoms with E-state index in [0.29, 0.717) is 11.7 Å². The third kappa shape index (κ3) is 7.20. The molecule has 72 heavy (non-hydrogen) atoms. The van der Waals surface area contributed by atoms with Crippen molar-refractivity contribution in [3.8, 4) is 89.5 Å². The fourth-order valence-electron chi connectivity index (χ4n) is 11.6. The minimum Gasteiger partial charge on any atom is -0.333 e. The van der Waals surface area contributed by atoms with Crippen LogP contribution in [0.4, 0.5) is 11.4 Å². The number of para-hydroxylation sites is 1. The van der Waals surface area contributed by atoms with Gasteiger partial charge in [0.1, 0.15) is 0 Å². The molecule has 3 aliphatic rings. The van der Waals surface area contributed by atoms with Gasteiger partial charge in [0.2, 0.25) is 0 Å². The lowest BCUT2D eigenvalue weighted by Gasteiger charge is -2.29. The fraction of sp³-hybridized carbons (Fsp3) is 0.0435. The van der Waals surface area contributed by atoms with Crippen molar-refractivity contribution < 1.29 is 0 Å². The van der Waals surface area contributed by atoms with Gasteiger partial charge in [-0.3, -0.25) is 0 Å². The molecule has 3 heteroatoms. The first-order chi connectivity index (χ1) is 35.7. The normalized spacial score (nSPS) is 15.0. The second kappa shape index (κ2) is 17.3. The predicted octanol–water partition coefficient (Wildman–Crippen LogP) is 17.6. The molecule has 3 nitrogen and oxygen atoms in total. The Morgan fingerprint density at radius 1 is 0.375 bits per heavy atom. The summed E-state index contributed by atoms with van der Waals surface area (Å²) in [4.78, 5) is 13.0. The van der Waals surface area contributed by atoms with Gasteiger partial charge in [-0.15, -0.1) is 0 Å². The SMILES string of the molecule is C1=CC2c3ccccc3N(c3ccc(-c4cc5c(c6ccccc46)Cc4cccc(-c6ccc(-c7cc(-c8ccc(-c9ccccc9)cc8)nc(-c8ccc(-c9ccccc9)cc8)n7)cc6)c4-5)cc3)C2C=C1. The monoisotopic (exact) mass is 917 g/mol. The van der Waals surface area contributed by atoms with Crippen molar-refractivity contribution >= 4 is 22.1 Å². The second-order valence-electron chi connectivity index (χ2n) is 19.2. The van der Waals surface area contributed by atoms with Crippen molar-refractivity contribution in [1.29, 1.82) is 0 Å². The summed E-state index contributed by atoms with van der Waals surface area (Å²) in [5.74, 6) is 1.05. The largest absolute Gasteiger partial charge is 0.333 e. The van der Waals surface area contributed by atoms with Crippen LogP contribution in [-0.2, 0) is 6.42 Å². The lowest BCUT2D eigenvalue weighted by Crippen LogP contribution is -2.28. The van der Waals surface area contributed by atoms with Crippen LogP contribution in [0.1, 0.15) is 22.6 Å². The molecule has 2 heterocycles. The number of allylic oxidation sites excluding steroid dienone is 2. The molecule has 0 fully saturated rings. The molecule has 2 aliphatic carbocycles. The third-order valence-corrected chi connectivity index (χ3v) is 15.1. The maximum absolute atomic E-state index is 5.26. The molecule has 0 N–H and O–H groups in total. The van der Waals surface area contributed by atoms with Gasteiger partial charge < -0.3 is 4.90 Å². The summed E-state index contributed by atoms with van der Waals surface area (Å²) in [6, 6.07) is 86.2. The van der Waals surface area contributed by atoms with Crippen LogP contribution in [0.2, 0.25) is 0 Å². The van der Waals surface area contributed by atoms with E-state index in [9.17, 15) is 0 Å². The molecule has 0 amide bonds. The fourth-order valence-corrected chi connectivity index (χ4v) is 11.6. The van der Waals surface area contributed by atoms with Gasteiger partial charge in [0, 0.05) is 34.0 Å². The molecule has 2 unspecified atom stereocenters. The van der Waals surface area contributed by atoms with Crippen LogP contribution in [0.25, 0.3) is 100 Å². The highest BCUT2D eigenvalue weighted by atomic mass is 15.2. The summed E-state index contributed by atoms with van der Waals surface area (Å²) in [7, 11) is 0. The highest BCUT2D eigenvalue weighted by Crippen LogP contribution is 2.50. The quantitative estimate of drug-likeness (QED) is 0.152. The molecular weight excluding hydrogens is 871 g/mol. The van der Waals surface area contributed by atoms with Gasteiger partial charge in [0.15, 0.2) is 5.82 Å². The van der Waals surface area contributed by atoms with Crippen LogP contribution in [0.5, 0.6) is 0 Å². The molecule has 2 atom stereocenters. The van der Waals surface area contributed by atoms with Crippen LogP contribution in [0, 0.1) is 0 Å². The second-order valence-corrected chi connectivity index (χ2v) is 19.2. The zero-order valence-electron chi connectivity index (χ0n) is 39.5. The van der Waals surface area contributed by atoms with Crippen molar-refractivity contribution in [3.63, 3.8) is 0 Å². The van der Waals surface area contributed by atoms with Gasteiger partial charge in [-0.25, -0.2) is 9.97 Å². The van der Waals surface area contributed by atoms with Crippen molar-refractivity contribution in [1.82, 2.24) is 9.97 Å². The van der Waals surface area contributed by atoms with Gasteiger partial charge >= 0.3 is 0 Å². The molecule has 338 valence electrons. The lowest BCUT2D eigenvalue weighted by molar-refractivity contribution is 0.745. The topological polar surface area (TPSA) is 29.0 Å². The lowest BCUT2D eigenvalue weighted by atomic mass is 9.89. The number of fused-ring (bicyclic) bond motifs is 8. The van der Waals surface area contributed by atoms with Gasteiger partial charge in [0.25, 0.3) is 0 Å². The van der Waals surface area contributed by atoms with Gasteiger partial charge in [0.05, 0.1) is 17.4 Å². The molecule has 11 aromatic rings. The first-order valence-electron chi connectivity index (χ1n) is 25.0. The summed E-state index contributed by atoms with van der Waals surface area (Å²) in [5, 5.41) is 2.61. The van der Waals surface area contributed by atoms with E-state index in [1.807, 2.05) is 0 Å². The molecule has 1 aromatic heterocycles. The van der Waals surface area contributed by atoms with Crippen molar-refractivity contribution in [2.75, 3.05) is 4.90 Å². The Hall–Kier alpha value is -9.18. The predicted molar refractivity (Wildman–Crippen MR) is 299 cm³/mol. The number of aromatic nitrogens is 2. The average molecular weight is 918 g/mol. The molecule has 14 rings (SSSR count).